The van der Waals surface area contributed by atoms with Crippen molar-refractivity contribution >= 4 is 27.5 Å². The molecular formula is C30H37N3O6S. The molecule has 1 atom stereocenters. The molecule has 0 radical (unpaired) electrons. The van der Waals surface area contributed by atoms with Crippen molar-refractivity contribution < 1.29 is 27.5 Å². The van der Waals surface area contributed by atoms with E-state index in [9.17, 15) is 18.0 Å². The summed E-state index contributed by atoms with van der Waals surface area (Å²) in [6.07, 6.45) is 0.346. The molecule has 0 aliphatic rings. The molecule has 1 unspecified atom stereocenters. The van der Waals surface area contributed by atoms with E-state index >= 15 is 0 Å². The number of rotatable bonds is 12. The van der Waals surface area contributed by atoms with Crippen LogP contribution in [-0.2, 0) is 26.2 Å². The summed E-state index contributed by atoms with van der Waals surface area (Å²) in [7, 11) is 0.249. The van der Waals surface area contributed by atoms with E-state index in [0.717, 1.165) is 21.0 Å². The van der Waals surface area contributed by atoms with E-state index in [2.05, 4.69) is 5.32 Å². The Labute approximate surface area is 236 Å². The molecule has 40 heavy (non-hydrogen) atoms. The third-order valence-corrected chi connectivity index (χ3v) is 8.57. The van der Waals surface area contributed by atoms with Crippen LogP contribution >= 0.6 is 0 Å². The quantitative estimate of drug-likeness (QED) is 0.354. The van der Waals surface area contributed by atoms with Crippen molar-refractivity contribution in [2.75, 3.05) is 32.1 Å². The summed E-state index contributed by atoms with van der Waals surface area (Å²) in [6.45, 7) is 5.20. The van der Waals surface area contributed by atoms with Crippen molar-refractivity contribution in [3.05, 3.63) is 83.4 Å². The van der Waals surface area contributed by atoms with Gasteiger partial charge in [-0.15, -0.1) is 0 Å². The number of anilines is 1. The Balaban J connectivity index is 2.13. The number of aryl methyl sites for hydroxylation is 2. The molecule has 0 aromatic heterocycles. The molecule has 0 aliphatic carbocycles. The zero-order valence-corrected chi connectivity index (χ0v) is 24.6. The maximum atomic E-state index is 14.1. The summed E-state index contributed by atoms with van der Waals surface area (Å²) in [4.78, 5) is 28.4. The van der Waals surface area contributed by atoms with Crippen LogP contribution in [0.2, 0.25) is 0 Å². The second kappa shape index (κ2) is 13.3. The van der Waals surface area contributed by atoms with Crippen molar-refractivity contribution in [2.24, 2.45) is 0 Å². The van der Waals surface area contributed by atoms with Crippen LogP contribution in [0.3, 0.4) is 0 Å². The van der Waals surface area contributed by atoms with Crippen LogP contribution in [0.15, 0.2) is 71.6 Å². The van der Waals surface area contributed by atoms with Gasteiger partial charge in [0.1, 0.15) is 12.6 Å². The lowest BCUT2D eigenvalue weighted by Gasteiger charge is -2.33. The first kappa shape index (κ1) is 30.5. The van der Waals surface area contributed by atoms with Gasteiger partial charge < -0.3 is 19.7 Å². The van der Waals surface area contributed by atoms with Crippen LogP contribution in [0, 0.1) is 13.8 Å². The molecule has 2 amide bonds. The number of carbonyl (C=O) groups excluding carboxylic acids is 2. The average Bonchev–Trinajstić information content (AvgIpc) is 2.96. The van der Waals surface area contributed by atoms with Crippen molar-refractivity contribution in [2.45, 2.75) is 44.7 Å². The summed E-state index contributed by atoms with van der Waals surface area (Å²) >= 11 is 0. The molecule has 3 aromatic rings. The number of benzene rings is 3. The summed E-state index contributed by atoms with van der Waals surface area (Å²) in [5, 5.41) is 2.63. The Bertz CT molecular complexity index is 1440. The molecule has 3 rings (SSSR count). The first-order valence-corrected chi connectivity index (χ1v) is 14.4. The molecule has 1 N–H and O–H groups in total. The number of nitrogens with zero attached hydrogens (tertiary/aromatic N) is 2. The zero-order valence-electron chi connectivity index (χ0n) is 23.8. The maximum Gasteiger partial charge on any atom is 0.264 e. The highest BCUT2D eigenvalue weighted by Crippen LogP contribution is 2.34. The fourth-order valence-corrected chi connectivity index (χ4v) is 5.81. The van der Waals surface area contributed by atoms with Gasteiger partial charge in [-0.05, 0) is 55.7 Å². The Kier molecular flexibility index (Phi) is 10.2. The molecule has 9 nitrogen and oxygen atoms in total. The summed E-state index contributed by atoms with van der Waals surface area (Å²) in [6, 6.07) is 17.8. The Hall–Kier alpha value is -4.05. The molecule has 0 aliphatic heterocycles. The van der Waals surface area contributed by atoms with Gasteiger partial charge in [-0.2, -0.15) is 0 Å². The third kappa shape index (κ3) is 6.74. The predicted octanol–water partition coefficient (Wildman–Crippen LogP) is 4.07. The van der Waals surface area contributed by atoms with E-state index in [0.29, 0.717) is 17.9 Å². The number of sulfonamides is 1. The highest BCUT2D eigenvalue weighted by Gasteiger charge is 2.34. The van der Waals surface area contributed by atoms with E-state index in [-0.39, 0.29) is 23.0 Å². The number of carbonyl (C=O) groups is 2. The SMILES string of the molecule is CCC(C(=O)NC)N(Cc1ccccc1C)C(=O)CN(c1ccc(OC)c(OC)c1)S(=O)(=O)c1ccc(C)cc1. The molecule has 0 bridgehead atoms. The van der Waals surface area contributed by atoms with Crippen LogP contribution < -0.4 is 19.1 Å². The van der Waals surface area contributed by atoms with Crippen LogP contribution in [0.4, 0.5) is 5.69 Å². The molecule has 10 heteroatoms. The standard InChI is InChI=1S/C30H37N3O6S/c1-7-26(30(35)31-4)32(19-23-11-9-8-10-22(23)3)29(34)20-33(24-14-17-27(38-5)28(18-24)39-6)40(36,37)25-15-12-21(2)13-16-25/h8-18,26H,7,19-20H2,1-6H3,(H,31,35). The lowest BCUT2D eigenvalue weighted by Crippen LogP contribution is -2.51. The number of ether oxygens (including phenoxy) is 2. The summed E-state index contributed by atoms with van der Waals surface area (Å²) < 4.78 is 39.8. The van der Waals surface area contributed by atoms with Gasteiger partial charge in [0.25, 0.3) is 10.0 Å². The number of methoxy groups -OCH3 is 2. The molecule has 3 aromatic carbocycles. The average molecular weight is 568 g/mol. The lowest BCUT2D eigenvalue weighted by molar-refractivity contribution is -0.140. The van der Waals surface area contributed by atoms with Crippen molar-refractivity contribution in [3.8, 4) is 11.5 Å². The fourth-order valence-electron chi connectivity index (χ4n) is 4.40. The molecule has 0 saturated carbocycles. The van der Waals surface area contributed by atoms with E-state index in [1.54, 1.807) is 24.3 Å². The molecule has 0 fully saturated rings. The Morgan fingerprint density at radius 2 is 1.57 bits per heavy atom. The number of hydrogen-bond donors (Lipinski definition) is 1. The molecule has 0 heterocycles. The maximum absolute atomic E-state index is 14.1. The minimum atomic E-state index is -4.19. The highest BCUT2D eigenvalue weighted by atomic mass is 32.2. The van der Waals surface area contributed by atoms with Crippen molar-refractivity contribution in [3.63, 3.8) is 0 Å². The van der Waals surface area contributed by atoms with E-state index in [1.807, 2.05) is 45.0 Å². The van der Waals surface area contributed by atoms with Gasteiger partial charge in [-0.3, -0.25) is 13.9 Å². The predicted molar refractivity (Wildman–Crippen MR) is 155 cm³/mol. The first-order chi connectivity index (χ1) is 19.1. The minimum Gasteiger partial charge on any atom is -0.493 e. The van der Waals surface area contributed by atoms with Gasteiger partial charge in [0, 0.05) is 19.7 Å². The second-order valence-electron chi connectivity index (χ2n) is 9.35. The lowest BCUT2D eigenvalue weighted by atomic mass is 10.1. The second-order valence-corrected chi connectivity index (χ2v) is 11.2. The van der Waals surface area contributed by atoms with E-state index in [1.165, 1.54) is 44.4 Å². The first-order valence-electron chi connectivity index (χ1n) is 12.9. The molecule has 0 saturated heterocycles. The van der Waals surface area contributed by atoms with E-state index < -0.39 is 28.5 Å². The minimum absolute atomic E-state index is 0.0319. The monoisotopic (exact) mass is 567 g/mol. The summed E-state index contributed by atoms with van der Waals surface area (Å²) in [5.74, 6) is -0.130. The van der Waals surface area contributed by atoms with Crippen LogP contribution in [0.25, 0.3) is 0 Å². The van der Waals surface area contributed by atoms with Gasteiger partial charge in [0.2, 0.25) is 11.8 Å². The molecule has 0 spiro atoms. The molecule has 214 valence electrons. The highest BCUT2D eigenvalue weighted by molar-refractivity contribution is 7.92. The van der Waals surface area contributed by atoms with Crippen molar-refractivity contribution in [1.29, 1.82) is 0 Å². The van der Waals surface area contributed by atoms with Crippen LogP contribution in [-0.4, -0.2) is 59.0 Å². The largest absolute Gasteiger partial charge is 0.493 e. The third-order valence-electron chi connectivity index (χ3n) is 6.78. The zero-order chi connectivity index (χ0) is 29.4. The number of amides is 2. The van der Waals surface area contributed by atoms with Gasteiger partial charge in [-0.1, -0.05) is 48.9 Å². The normalized spacial score (nSPS) is 11.8. The van der Waals surface area contributed by atoms with Gasteiger partial charge in [0.15, 0.2) is 11.5 Å². The molecular weight excluding hydrogens is 530 g/mol. The van der Waals surface area contributed by atoms with Crippen LogP contribution in [0.5, 0.6) is 11.5 Å². The number of nitrogens with one attached hydrogen (secondary N) is 1. The summed E-state index contributed by atoms with van der Waals surface area (Å²) in [5.41, 5.74) is 2.93. The Morgan fingerprint density at radius 3 is 2.15 bits per heavy atom. The Morgan fingerprint density at radius 1 is 0.925 bits per heavy atom. The number of hydrogen-bond acceptors (Lipinski definition) is 6. The van der Waals surface area contributed by atoms with E-state index in [4.69, 9.17) is 9.47 Å². The van der Waals surface area contributed by atoms with Gasteiger partial charge in [-0.25, -0.2) is 8.42 Å². The van der Waals surface area contributed by atoms with Gasteiger partial charge in [0.05, 0.1) is 24.8 Å². The smallest absolute Gasteiger partial charge is 0.264 e. The number of likely N-dealkylation sites (N-methyl/N-ethyl adjacent to an activating group) is 1. The van der Waals surface area contributed by atoms with Crippen LogP contribution in [0.1, 0.15) is 30.0 Å². The topological polar surface area (TPSA) is 105 Å². The fraction of sp³-hybridized carbons (Fsp3) is 0.333. The van der Waals surface area contributed by atoms with Gasteiger partial charge >= 0.3 is 0 Å². The van der Waals surface area contributed by atoms with Crippen molar-refractivity contribution in [1.82, 2.24) is 10.2 Å².